The zero-order chi connectivity index (χ0) is 15.8. The van der Waals surface area contributed by atoms with Crippen molar-refractivity contribution in [3.05, 3.63) is 34.9 Å². The third-order valence-corrected chi connectivity index (χ3v) is 2.92. The van der Waals surface area contributed by atoms with E-state index in [0.717, 1.165) is 6.08 Å². The van der Waals surface area contributed by atoms with Crippen LogP contribution in [0.1, 0.15) is 25.8 Å². The first-order valence-corrected chi connectivity index (χ1v) is 6.90. The maximum absolute atomic E-state index is 11.7. The Morgan fingerprint density at radius 3 is 2.67 bits per heavy atom. The normalized spacial score (nSPS) is 12.1. The lowest BCUT2D eigenvalue weighted by atomic mass is 10.1. The van der Waals surface area contributed by atoms with Crippen molar-refractivity contribution in [3.8, 4) is 5.75 Å². The van der Waals surface area contributed by atoms with Crippen LogP contribution in [0.2, 0.25) is 5.02 Å². The zero-order valence-electron chi connectivity index (χ0n) is 11.8. The molecule has 6 heteroatoms. The molecule has 0 aliphatic heterocycles. The number of carbonyl (C=O) groups excluding carboxylic acids is 1. The number of hydrogen-bond acceptors (Lipinski definition) is 4. The molecule has 0 aromatic heterocycles. The molecule has 0 fully saturated rings. The summed E-state index contributed by atoms with van der Waals surface area (Å²) in [7, 11) is 0. The first-order valence-electron chi connectivity index (χ1n) is 6.52. The van der Waals surface area contributed by atoms with Gasteiger partial charge in [-0.15, -0.1) is 0 Å². The molecule has 1 unspecified atom stereocenters. The lowest BCUT2D eigenvalue weighted by Crippen LogP contribution is -2.28. The SMILES string of the molecule is CCOC(=O)C(CC)Oc1cccc(Cl)c1/C=C/C(=O)O. The van der Waals surface area contributed by atoms with Crippen molar-refractivity contribution >= 4 is 29.6 Å². The molecular weight excluding hydrogens is 296 g/mol. The van der Waals surface area contributed by atoms with Crippen LogP contribution in [0.5, 0.6) is 5.75 Å². The second kappa shape index (κ2) is 8.32. The Kier molecular flexibility index (Phi) is 6.75. The van der Waals surface area contributed by atoms with Crippen LogP contribution in [0.15, 0.2) is 24.3 Å². The van der Waals surface area contributed by atoms with E-state index >= 15 is 0 Å². The Balaban J connectivity index is 3.04. The predicted octanol–water partition coefficient (Wildman–Crippen LogP) is 3.16. The Labute approximate surface area is 128 Å². The molecule has 0 amide bonds. The van der Waals surface area contributed by atoms with Crippen LogP contribution in [0.4, 0.5) is 0 Å². The summed E-state index contributed by atoms with van der Waals surface area (Å²) in [5.41, 5.74) is 0.407. The van der Waals surface area contributed by atoms with Gasteiger partial charge in [0, 0.05) is 11.6 Å². The molecule has 1 rings (SSSR count). The van der Waals surface area contributed by atoms with Gasteiger partial charge in [0.05, 0.1) is 11.6 Å². The lowest BCUT2D eigenvalue weighted by Gasteiger charge is -2.18. The van der Waals surface area contributed by atoms with Gasteiger partial charge in [-0.05, 0) is 31.6 Å². The summed E-state index contributed by atoms with van der Waals surface area (Å²) in [4.78, 5) is 22.4. The number of carboxylic acid groups (broad SMARTS) is 1. The summed E-state index contributed by atoms with van der Waals surface area (Å²) in [5, 5.41) is 9.03. The molecule has 5 nitrogen and oxygen atoms in total. The van der Waals surface area contributed by atoms with Gasteiger partial charge in [0.2, 0.25) is 0 Å². The van der Waals surface area contributed by atoms with Crippen LogP contribution in [0, 0.1) is 0 Å². The van der Waals surface area contributed by atoms with Gasteiger partial charge in [-0.25, -0.2) is 9.59 Å². The van der Waals surface area contributed by atoms with E-state index in [-0.39, 0.29) is 6.61 Å². The number of aliphatic carboxylic acids is 1. The highest BCUT2D eigenvalue weighted by atomic mass is 35.5. The molecule has 0 saturated heterocycles. The number of hydrogen-bond donors (Lipinski definition) is 1. The van der Waals surface area contributed by atoms with E-state index in [0.29, 0.717) is 22.8 Å². The van der Waals surface area contributed by atoms with E-state index in [2.05, 4.69) is 0 Å². The molecule has 0 radical (unpaired) electrons. The molecular formula is C15H17ClO5. The minimum atomic E-state index is -1.10. The fraction of sp³-hybridized carbons (Fsp3) is 0.333. The summed E-state index contributed by atoms with van der Waals surface area (Å²) < 4.78 is 10.5. The van der Waals surface area contributed by atoms with Crippen molar-refractivity contribution in [3.63, 3.8) is 0 Å². The zero-order valence-corrected chi connectivity index (χ0v) is 12.6. The van der Waals surface area contributed by atoms with E-state index in [1.54, 1.807) is 32.0 Å². The number of ether oxygens (including phenoxy) is 2. The largest absolute Gasteiger partial charge is 0.478 e. The van der Waals surface area contributed by atoms with Crippen LogP contribution in [0.25, 0.3) is 6.08 Å². The van der Waals surface area contributed by atoms with E-state index in [1.807, 2.05) is 0 Å². The summed E-state index contributed by atoms with van der Waals surface area (Å²) in [5.74, 6) is -1.23. The molecule has 0 aliphatic rings. The molecule has 1 aromatic rings. The Bertz CT molecular complexity index is 539. The fourth-order valence-electron chi connectivity index (χ4n) is 1.62. The van der Waals surface area contributed by atoms with Crippen molar-refractivity contribution < 1.29 is 24.2 Å². The lowest BCUT2D eigenvalue weighted by molar-refractivity contribution is -0.151. The predicted molar refractivity (Wildman–Crippen MR) is 79.5 cm³/mol. The number of halogens is 1. The number of carbonyl (C=O) groups is 2. The van der Waals surface area contributed by atoms with Gasteiger partial charge >= 0.3 is 11.9 Å². The van der Waals surface area contributed by atoms with Gasteiger partial charge in [0.1, 0.15) is 5.75 Å². The fourth-order valence-corrected chi connectivity index (χ4v) is 1.85. The Morgan fingerprint density at radius 2 is 2.10 bits per heavy atom. The van der Waals surface area contributed by atoms with E-state index in [4.69, 9.17) is 26.2 Å². The maximum atomic E-state index is 11.7. The Morgan fingerprint density at radius 1 is 1.38 bits per heavy atom. The van der Waals surface area contributed by atoms with Crippen molar-refractivity contribution in [1.29, 1.82) is 0 Å². The van der Waals surface area contributed by atoms with Crippen molar-refractivity contribution in [2.75, 3.05) is 6.61 Å². The summed E-state index contributed by atoms with van der Waals surface area (Å²) in [6.07, 6.45) is 1.95. The van der Waals surface area contributed by atoms with Gasteiger partial charge in [0.15, 0.2) is 6.10 Å². The molecule has 1 aromatic carbocycles. The van der Waals surface area contributed by atoms with Crippen LogP contribution in [-0.4, -0.2) is 29.8 Å². The topological polar surface area (TPSA) is 72.8 Å². The highest BCUT2D eigenvalue weighted by molar-refractivity contribution is 6.32. The average Bonchev–Trinajstić information content (AvgIpc) is 2.43. The molecule has 1 N–H and O–H groups in total. The number of esters is 1. The maximum Gasteiger partial charge on any atom is 0.347 e. The van der Waals surface area contributed by atoms with Gasteiger partial charge in [0.25, 0.3) is 0 Å². The van der Waals surface area contributed by atoms with Gasteiger partial charge in [-0.3, -0.25) is 0 Å². The number of carboxylic acids is 1. The van der Waals surface area contributed by atoms with E-state index < -0.39 is 18.0 Å². The van der Waals surface area contributed by atoms with Gasteiger partial charge < -0.3 is 14.6 Å². The second-order valence-electron chi connectivity index (χ2n) is 4.09. The smallest absolute Gasteiger partial charge is 0.347 e. The molecule has 21 heavy (non-hydrogen) atoms. The highest BCUT2D eigenvalue weighted by Crippen LogP contribution is 2.29. The highest BCUT2D eigenvalue weighted by Gasteiger charge is 2.21. The van der Waals surface area contributed by atoms with Crippen molar-refractivity contribution in [1.82, 2.24) is 0 Å². The quantitative estimate of drug-likeness (QED) is 0.618. The standard InChI is InChI=1S/C15H17ClO5/c1-3-12(15(19)20-4-2)21-13-7-5-6-11(16)10(13)8-9-14(17)18/h5-9,12H,3-4H2,1-2H3,(H,17,18)/b9-8+. The molecule has 114 valence electrons. The first kappa shape index (κ1) is 17.0. The molecule has 0 aliphatic carbocycles. The molecule has 0 heterocycles. The van der Waals surface area contributed by atoms with Gasteiger partial charge in [-0.2, -0.15) is 0 Å². The monoisotopic (exact) mass is 312 g/mol. The van der Waals surface area contributed by atoms with E-state index in [1.165, 1.54) is 6.08 Å². The Hall–Kier alpha value is -2.01. The summed E-state index contributed by atoms with van der Waals surface area (Å²) in [6, 6.07) is 4.89. The third kappa shape index (κ3) is 5.11. The van der Waals surface area contributed by atoms with Crippen molar-refractivity contribution in [2.45, 2.75) is 26.4 Å². The first-order chi connectivity index (χ1) is 9.99. The van der Waals surface area contributed by atoms with Crippen LogP contribution in [-0.2, 0) is 14.3 Å². The van der Waals surface area contributed by atoms with Crippen LogP contribution >= 0.6 is 11.6 Å². The van der Waals surface area contributed by atoms with Crippen molar-refractivity contribution in [2.24, 2.45) is 0 Å². The molecule has 0 saturated carbocycles. The summed E-state index contributed by atoms with van der Waals surface area (Å²) in [6.45, 7) is 3.77. The number of benzene rings is 1. The molecule has 1 atom stereocenters. The van der Waals surface area contributed by atoms with Crippen LogP contribution < -0.4 is 4.74 Å². The average molecular weight is 313 g/mol. The van der Waals surface area contributed by atoms with Crippen LogP contribution in [0.3, 0.4) is 0 Å². The van der Waals surface area contributed by atoms with Gasteiger partial charge in [-0.1, -0.05) is 24.6 Å². The minimum Gasteiger partial charge on any atom is -0.478 e. The third-order valence-electron chi connectivity index (χ3n) is 2.59. The minimum absolute atomic E-state index is 0.264. The van der Waals surface area contributed by atoms with E-state index in [9.17, 15) is 9.59 Å². The number of rotatable bonds is 7. The molecule has 0 spiro atoms. The summed E-state index contributed by atoms with van der Waals surface area (Å²) >= 11 is 6.04. The second-order valence-corrected chi connectivity index (χ2v) is 4.50. The molecule has 0 bridgehead atoms.